The Balaban J connectivity index is 2.20. The van der Waals surface area contributed by atoms with Gasteiger partial charge in [0.05, 0.1) is 0 Å². The Morgan fingerprint density at radius 2 is 1.92 bits per heavy atom. The standard InChI is InChI=1S/C19H22FNO5/c1-12-3-6-14(7-4-12)21-19(24)26-18(17(25-2)9-10-22)13-5-8-16(23)15(20)11-13/h3-8,11,17-18,22-23H,9-10H2,1-2H3,(H,21,24)/t17-,18-/m1/s1. The molecule has 3 N–H and O–H groups in total. The van der Waals surface area contributed by atoms with Crippen molar-refractivity contribution in [1.82, 2.24) is 0 Å². The highest BCUT2D eigenvalue weighted by molar-refractivity contribution is 5.84. The zero-order chi connectivity index (χ0) is 19.1. The van der Waals surface area contributed by atoms with E-state index in [1.807, 2.05) is 19.1 Å². The summed E-state index contributed by atoms with van der Waals surface area (Å²) in [6.45, 7) is 1.73. The average molecular weight is 363 g/mol. The number of methoxy groups -OCH3 is 1. The van der Waals surface area contributed by atoms with E-state index < -0.39 is 29.9 Å². The molecular weight excluding hydrogens is 341 g/mol. The summed E-state index contributed by atoms with van der Waals surface area (Å²) in [6.07, 6.45) is -2.21. The third kappa shape index (κ3) is 5.18. The van der Waals surface area contributed by atoms with Gasteiger partial charge in [-0.1, -0.05) is 23.8 Å². The van der Waals surface area contributed by atoms with Crippen LogP contribution in [-0.2, 0) is 9.47 Å². The van der Waals surface area contributed by atoms with Gasteiger partial charge in [0, 0.05) is 25.8 Å². The number of aliphatic hydroxyl groups excluding tert-OH is 1. The normalized spacial score (nSPS) is 13.1. The summed E-state index contributed by atoms with van der Waals surface area (Å²) in [5, 5.41) is 21.2. The molecule has 140 valence electrons. The molecular formula is C19H22FNO5. The maximum Gasteiger partial charge on any atom is 0.412 e. The molecule has 2 rings (SSSR count). The van der Waals surface area contributed by atoms with Crippen molar-refractivity contribution in [2.75, 3.05) is 19.0 Å². The molecule has 0 heterocycles. The van der Waals surface area contributed by atoms with Gasteiger partial charge in [0.2, 0.25) is 0 Å². The Bertz CT molecular complexity index is 735. The zero-order valence-electron chi connectivity index (χ0n) is 14.6. The number of aromatic hydroxyl groups is 1. The van der Waals surface area contributed by atoms with Crippen LogP contribution in [0.4, 0.5) is 14.9 Å². The molecule has 0 spiro atoms. The molecule has 0 saturated heterocycles. The fourth-order valence-corrected chi connectivity index (χ4v) is 2.48. The van der Waals surface area contributed by atoms with Crippen molar-refractivity contribution in [3.05, 3.63) is 59.4 Å². The Kier molecular flexibility index (Phi) is 6.94. The first-order valence-corrected chi connectivity index (χ1v) is 8.11. The molecule has 0 aliphatic rings. The van der Waals surface area contributed by atoms with Crippen LogP contribution in [0.15, 0.2) is 42.5 Å². The van der Waals surface area contributed by atoms with Gasteiger partial charge in [-0.05, 0) is 36.8 Å². The highest BCUT2D eigenvalue weighted by Gasteiger charge is 2.28. The molecule has 0 aliphatic heterocycles. The molecule has 2 atom stereocenters. The number of aliphatic hydroxyl groups is 1. The van der Waals surface area contributed by atoms with Crippen LogP contribution < -0.4 is 5.32 Å². The van der Waals surface area contributed by atoms with E-state index in [2.05, 4.69) is 5.32 Å². The molecule has 0 bridgehead atoms. The molecule has 0 aliphatic carbocycles. The summed E-state index contributed by atoms with van der Waals surface area (Å²) in [5.74, 6) is -1.35. The van der Waals surface area contributed by atoms with Gasteiger partial charge in [-0.3, -0.25) is 5.32 Å². The predicted molar refractivity (Wildman–Crippen MR) is 94.6 cm³/mol. The fraction of sp³-hybridized carbons (Fsp3) is 0.316. The Morgan fingerprint density at radius 1 is 1.23 bits per heavy atom. The second-order valence-corrected chi connectivity index (χ2v) is 5.81. The lowest BCUT2D eigenvalue weighted by Crippen LogP contribution is -2.29. The monoisotopic (exact) mass is 363 g/mol. The highest BCUT2D eigenvalue weighted by Crippen LogP contribution is 2.29. The van der Waals surface area contributed by atoms with Gasteiger partial charge in [0.15, 0.2) is 17.7 Å². The number of carbonyl (C=O) groups excluding carboxylic acids is 1. The number of anilines is 1. The van der Waals surface area contributed by atoms with E-state index in [0.717, 1.165) is 11.6 Å². The van der Waals surface area contributed by atoms with E-state index in [4.69, 9.17) is 9.47 Å². The largest absolute Gasteiger partial charge is 0.505 e. The molecule has 0 aromatic heterocycles. The SMILES string of the molecule is CO[C@H](CCO)[C@H](OC(=O)Nc1ccc(C)cc1)c1ccc(O)c(F)c1. The Morgan fingerprint density at radius 3 is 2.50 bits per heavy atom. The summed E-state index contributed by atoms with van der Waals surface area (Å²) in [4.78, 5) is 12.3. The van der Waals surface area contributed by atoms with Crippen LogP contribution in [0.3, 0.4) is 0 Å². The number of amides is 1. The van der Waals surface area contributed by atoms with Crippen molar-refractivity contribution in [3.8, 4) is 5.75 Å². The number of phenolic OH excluding ortho intramolecular Hbond substituents is 1. The number of carbonyl (C=O) groups is 1. The molecule has 7 heteroatoms. The molecule has 0 fully saturated rings. The number of rotatable bonds is 7. The number of hydrogen-bond acceptors (Lipinski definition) is 5. The number of halogens is 1. The van der Waals surface area contributed by atoms with Crippen LogP contribution in [0.1, 0.15) is 23.7 Å². The molecule has 0 radical (unpaired) electrons. The number of nitrogens with one attached hydrogen (secondary N) is 1. The van der Waals surface area contributed by atoms with E-state index in [1.54, 1.807) is 12.1 Å². The van der Waals surface area contributed by atoms with Crippen LogP contribution in [-0.4, -0.2) is 36.1 Å². The van der Waals surface area contributed by atoms with Gasteiger partial charge in [-0.25, -0.2) is 9.18 Å². The van der Waals surface area contributed by atoms with Crippen LogP contribution in [0.5, 0.6) is 5.75 Å². The quantitative estimate of drug-likeness (QED) is 0.700. The first-order chi connectivity index (χ1) is 12.4. The van der Waals surface area contributed by atoms with E-state index in [-0.39, 0.29) is 13.0 Å². The minimum Gasteiger partial charge on any atom is -0.505 e. The van der Waals surface area contributed by atoms with Crippen molar-refractivity contribution < 1.29 is 28.9 Å². The smallest absolute Gasteiger partial charge is 0.412 e. The zero-order valence-corrected chi connectivity index (χ0v) is 14.6. The van der Waals surface area contributed by atoms with E-state index in [0.29, 0.717) is 11.3 Å². The van der Waals surface area contributed by atoms with Crippen molar-refractivity contribution in [3.63, 3.8) is 0 Å². The van der Waals surface area contributed by atoms with Gasteiger partial charge in [-0.2, -0.15) is 0 Å². The maximum absolute atomic E-state index is 13.7. The highest BCUT2D eigenvalue weighted by atomic mass is 19.1. The first-order valence-electron chi connectivity index (χ1n) is 8.11. The van der Waals surface area contributed by atoms with Gasteiger partial charge in [-0.15, -0.1) is 0 Å². The summed E-state index contributed by atoms with van der Waals surface area (Å²) < 4.78 is 24.4. The van der Waals surface area contributed by atoms with Crippen LogP contribution in [0, 0.1) is 12.7 Å². The predicted octanol–water partition coefficient (Wildman–Crippen LogP) is 3.53. The molecule has 1 amide bonds. The summed E-state index contributed by atoms with van der Waals surface area (Å²) in [5.41, 5.74) is 1.90. The topological polar surface area (TPSA) is 88.0 Å². The van der Waals surface area contributed by atoms with Crippen molar-refractivity contribution in [2.24, 2.45) is 0 Å². The average Bonchev–Trinajstić information content (AvgIpc) is 2.62. The van der Waals surface area contributed by atoms with Crippen molar-refractivity contribution >= 4 is 11.8 Å². The third-order valence-electron chi connectivity index (χ3n) is 3.89. The van der Waals surface area contributed by atoms with Crippen LogP contribution >= 0.6 is 0 Å². The molecule has 0 unspecified atom stereocenters. The van der Waals surface area contributed by atoms with E-state index in [1.165, 1.54) is 19.2 Å². The molecule has 2 aromatic rings. The van der Waals surface area contributed by atoms with E-state index >= 15 is 0 Å². The lowest BCUT2D eigenvalue weighted by molar-refractivity contribution is -0.0307. The van der Waals surface area contributed by atoms with Crippen LogP contribution in [0.25, 0.3) is 0 Å². The Hall–Kier alpha value is -2.64. The number of ether oxygens (including phenoxy) is 2. The van der Waals surface area contributed by atoms with E-state index in [9.17, 15) is 19.4 Å². The number of aryl methyl sites for hydroxylation is 1. The number of phenols is 1. The van der Waals surface area contributed by atoms with Gasteiger partial charge >= 0.3 is 6.09 Å². The molecule has 0 saturated carbocycles. The maximum atomic E-state index is 13.7. The van der Waals surface area contributed by atoms with Gasteiger partial charge < -0.3 is 19.7 Å². The Labute approximate surface area is 151 Å². The summed E-state index contributed by atoms with van der Waals surface area (Å²) >= 11 is 0. The molecule has 26 heavy (non-hydrogen) atoms. The number of benzene rings is 2. The molecule has 2 aromatic carbocycles. The minimum absolute atomic E-state index is 0.182. The first kappa shape index (κ1) is 19.7. The molecule has 6 nitrogen and oxygen atoms in total. The van der Waals surface area contributed by atoms with Crippen LogP contribution in [0.2, 0.25) is 0 Å². The lowest BCUT2D eigenvalue weighted by atomic mass is 10.0. The number of hydrogen-bond donors (Lipinski definition) is 3. The van der Waals surface area contributed by atoms with Crippen molar-refractivity contribution in [1.29, 1.82) is 0 Å². The summed E-state index contributed by atoms with van der Waals surface area (Å²) in [7, 11) is 1.41. The van der Waals surface area contributed by atoms with Gasteiger partial charge in [0.25, 0.3) is 0 Å². The van der Waals surface area contributed by atoms with Crippen molar-refractivity contribution in [2.45, 2.75) is 25.6 Å². The summed E-state index contributed by atoms with van der Waals surface area (Å²) in [6, 6.07) is 10.8. The second kappa shape index (κ2) is 9.17. The second-order valence-electron chi connectivity index (χ2n) is 5.81. The third-order valence-corrected chi connectivity index (χ3v) is 3.89. The van der Waals surface area contributed by atoms with Gasteiger partial charge in [0.1, 0.15) is 6.10 Å². The lowest BCUT2D eigenvalue weighted by Gasteiger charge is -2.26. The minimum atomic E-state index is -0.965. The fourth-order valence-electron chi connectivity index (χ4n) is 2.48.